The van der Waals surface area contributed by atoms with Gasteiger partial charge in [-0.1, -0.05) is 30.7 Å². The molecular weight excluding hydrogens is 170 g/mol. The van der Waals surface area contributed by atoms with Gasteiger partial charge in [-0.3, -0.25) is 0 Å². The molecule has 0 radical (unpaired) electrons. The Balaban J connectivity index is 2.80. The zero-order valence-corrected chi connectivity index (χ0v) is 8.01. The van der Waals surface area contributed by atoms with Crippen molar-refractivity contribution in [3.05, 3.63) is 34.9 Å². The van der Waals surface area contributed by atoms with Crippen molar-refractivity contribution < 1.29 is 0 Å². The fourth-order valence-electron chi connectivity index (χ4n) is 1.27. The molecule has 0 spiro atoms. The fourth-order valence-corrected chi connectivity index (χ4v) is 1.40. The van der Waals surface area contributed by atoms with E-state index >= 15 is 0 Å². The molecule has 1 unspecified atom stereocenters. The molecule has 1 rings (SSSR count). The molecule has 0 heterocycles. The Bertz CT molecular complexity index is 226. The number of hydrogen-bond acceptors (Lipinski definition) is 1. The summed E-state index contributed by atoms with van der Waals surface area (Å²) < 4.78 is 0. The van der Waals surface area contributed by atoms with E-state index in [9.17, 15) is 0 Å². The summed E-state index contributed by atoms with van der Waals surface area (Å²) in [5.74, 6) is 0.474. The van der Waals surface area contributed by atoms with Crippen molar-refractivity contribution in [1.29, 1.82) is 0 Å². The van der Waals surface area contributed by atoms with E-state index in [4.69, 9.17) is 17.3 Å². The molecule has 0 aliphatic carbocycles. The summed E-state index contributed by atoms with van der Waals surface area (Å²) in [7, 11) is 0. The highest BCUT2D eigenvalue weighted by Crippen LogP contribution is 2.19. The van der Waals surface area contributed by atoms with Gasteiger partial charge in [0.15, 0.2) is 0 Å². The molecule has 0 bridgehead atoms. The van der Waals surface area contributed by atoms with Crippen LogP contribution in [0.15, 0.2) is 24.3 Å². The van der Waals surface area contributed by atoms with Crippen LogP contribution in [0.5, 0.6) is 0 Å². The van der Waals surface area contributed by atoms with Gasteiger partial charge in [0.1, 0.15) is 0 Å². The van der Waals surface area contributed by atoms with Crippen LogP contribution in [0.2, 0.25) is 5.02 Å². The number of halogens is 1. The summed E-state index contributed by atoms with van der Waals surface area (Å²) in [5.41, 5.74) is 6.90. The molecule has 0 aliphatic heterocycles. The quantitative estimate of drug-likeness (QED) is 0.767. The van der Waals surface area contributed by atoms with Crippen LogP contribution < -0.4 is 5.73 Å². The lowest BCUT2D eigenvalue weighted by atomic mass is 9.97. The smallest absolute Gasteiger partial charge is 0.0406 e. The van der Waals surface area contributed by atoms with Gasteiger partial charge >= 0.3 is 0 Å². The largest absolute Gasteiger partial charge is 0.330 e. The monoisotopic (exact) mass is 183 g/mol. The van der Waals surface area contributed by atoms with Gasteiger partial charge in [0.05, 0.1) is 0 Å². The lowest BCUT2D eigenvalue weighted by molar-refractivity contribution is 0.674. The molecule has 0 saturated heterocycles. The van der Waals surface area contributed by atoms with Gasteiger partial charge in [-0.05, 0) is 36.6 Å². The molecular formula is C10H14ClN. The third-order valence-corrected chi connectivity index (χ3v) is 2.37. The van der Waals surface area contributed by atoms with Crippen molar-refractivity contribution in [2.45, 2.75) is 19.3 Å². The fraction of sp³-hybridized carbons (Fsp3) is 0.400. The van der Waals surface area contributed by atoms with E-state index in [-0.39, 0.29) is 0 Å². The van der Waals surface area contributed by atoms with E-state index in [1.807, 2.05) is 24.3 Å². The average molecular weight is 184 g/mol. The van der Waals surface area contributed by atoms with Gasteiger partial charge in [-0.2, -0.15) is 0 Å². The molecule has 1 aromatic rings. The molecule has 2 N–H and O–H groups in total. The van der Waals surface area contributed by atoms with Gasteiger partial charge < -0.3 is 5.73 Å². The van der Waals surface area contributed by atoms with Crippen molar-refractivity contribution in [1.82, 2.24) is 0 Å². The molecule has 1 nitrogen and oxygen atoms in total. The van der Waals surface area contributed by atoms with Crippen molar-refractivity contribution in [2.24, 2.45) is 5.73 Å². The minimum atomic E-state index is 0.474. The highest BCUT2D eigenvalue weighted by molar-refractivity contribution is 6.30. The van der Waals surface area contributed by atoms with Crippen LogP contribution in [0.25, 0.3) is 0 Å². The molecule has 66 valence electrons. The van der Waals surface area contributed by atoms with Crippen LogP contribution in [0.4, 0.5) is 0 Å². The molecule has 1 atom stereocenters. The second-order valence-corrected chi connectivity index (χ2v) is 3.33. The van der Waals surface area contributed by atoms with Crippen molar-refractivity contribution in [3.8, 4) is 0 Å². The number of hydrogen-bond donors (Lipinski definition) is 1. The summed E-state index contributed by atoms with van der Waals surface area (Å²) in [6, 6.07) is 7.91. The summed E-state index contributed by atoms with van der Waals surface area (Å²) in [6.07, 6.45) is 1.08. The van der Waals surface area contributed by atoms with E-state index in [1.54, 1.807) is 0 Å². The van der Waals surface area contributed by atoms with E-state index in [1.165, 1.54) is 5.56 Å². The first-order valence-electron chi connectivity index (χ1n) is 4.23. The van der Waals surface area contributed by atoms with Crippen LogP contribution in [0.1, 0.15) is 24.8 Å². The van der Waals surface area contributed by atoms with Crippen molar-refractivity contribution in [2.75, 3.05) is 6.54 Å². The molecule has 0 fully saturated rings. The van der Waals surface area contributed by atoms with Crippen LogP contribution in [0.3, 0.4) is 0 Å². The predicted octanol–water partition coefficient (Wildman–Crippen LogP) is 2.79. The number of benzene rings is 1. The first-order chi connectivity index (χ1) is 5.77. The Morgan fingerprint density at radius 1 is 1.33 bits per heavy atom. The summed E-state index contributed by atoms with van der Waals surface area (Å²) >= 11 is 5.77. The molecule has 12 heavy (non-hydrogen) atoms. The standard InChI is InChI=1S/C10H14ClN/c1-2-8(7-12)9-3-5-10(11)6-4-9/h3-6,8H,2,7,12H2,1H3. The molecule has 0 aliphatic rings. The predicted molar refractivity (Wildman–Crippen MR) is 53.5 cm³/mol. The van der Waals surface area contributed by atoms with Crippen LogP contribution in [-0.4, -0.2) is 6.54 Å². The summed E-state index contributed by atoms with van der Waals surface area (Å²) in [6.45, 7) is 2.85. The van der Waals surface area contributed by atoms with Crippen LogP contribution in [0, 0.1) is 0 Å². The summed E-state index contributed by atoms with van der Waals surface area (Å²) in [4.78, 5) is 0. The maximum Gasteiger partial charge on any atom is 0.0406 e. The zero-order valence-electron chi connectivity index (χ0n) is 7.26. The van der Waals surface area contributed by atoms with Crippen molar-refractivity contribution >= 4 is 11.6 Å². The molecule has 0 amide bonds. The zero-order chi connectivity index (χ0) is 8.97. The Kier molecular flexibility index (Phi) is 3.57. The topological polar surface area (TPSA) is 26.0 Å². The SMILES string of the molecule is CCC(CN)c1ccc(Cl)cc1. The van der Waals surface area contributed by atoms with E-state index < -0.39 is 0 Å². The molecule has 0 saturated carbocycles. The second kappa shape index (κ2) is 4.48. The van der Waals surface area contributed by atoms with Crippen molar-refractivity contribution in [3.63, 3.8) is 0 Å². The third-order valence-electron chi connectivity index (χ3n) is 2.12. The maximum absolute atomic E-state index is 5.77. The Hall–Kier alpha value is -0.530. The lowest BCUT2D eigenvalue weighted by Gasteiger charge is -2.11. The van der Waals surface area contributed by atoms with E-state index in [2.05, 4.69) is 6.92 Å². The maximum atomic E-state index is 5.77. The van der Waals surface area contributed by atoms with Gasteiger partial charge in [-0.25, -0.2) is 0 Å². The highest BCUT2D eigenvalue weighted by atomic mass is 35.5. The number of rotatable bonds is 3. The van der Waals surface area contributed by atoms with Gasteiger partial charge in [0, 0.05) is 5.02 Å². The average Bonchev–Trinajstić information content (AvgIpc) is 2.10. The second-order valence-electron chi connectivity index (χ2n) is 2.89. The molecule has 1 aromatic carbocycles. The van der Waals surface area contributed by atoms with E-state index in [0.29, 0.717) is 12.5 Å². The Morgan fingerprint density at radius 3 is 2.33 bits per heavy atom. The van der Waals surface area contributed by atoms with E-state index in [0.717, 1.165) is 11.4 Å². The Labute approximate surface area is 78.5 Å². The van der Waals surface area contributed by atoms with Gasteiger partial charge in [-0.15, -0.1) is 0 Å². The first-order valence-corrected chi connectivity index (χ1v) is 4.61. The minimum absolute atomic E-state index is 0.474. The minimum Gasteiger partial charge on any atom is -0.330 e. The summed E-state index contributed by atoms with van der Waals surface area (Å²) in [5, 5.41) is 0.783. The lowest BCUT2D eigenvalue weighted by Crippen LogP contribution is -2.11. The van der Waals surface area contributed by atoms with Crippen LogP contribution >= 0.6 is 11.6 Å². The molecule has 2 heteroatoms. The van der Waals surface area contributed by atoms with Crippen LogP contribution in [-0.2, 0) is 0 Å². The van der Waals surface area contributed by atoms with Gasteiger partial charge in [0.25, 0.3) is 0 Å². The third kappa shape index (κ3) is 2.23. The normalized spacial score (nSPS) is 12.9. The van der Waals surface area contributed by atoms with Gasteiger partial charge in [0.2, 0.25) is 0 Å². The first kappa shape index (κ1) is 9.56. The highest BCUT2D eigenvalue weighted by Gasteiger charge is 2.05. The molecule has 0 aromatic heterocycles. The Morgan fingerprint density at radius 2 is 1.92 bits per heavy atom. The number of nitrogens with two attached hydrogens (primary N) is 1.